The molecule has 1 fully saturated rings. The number of carbonyl (C=O) groups excluding carboxylic acids is 1. The minimum atomic E-state index is -0.969. The first-order valence-corrected chi connectivity index (χ1v) is 8.39. The molecule has 0 radical (unpaired) electrons. The summed E-state index contributed by atoms with van der Waals surface area (Å²) in [6.45, 7) is 3.33. The minimum absolute atomic E-state index is 0.179. The lowest BCUT2D eigenvalue weighted by Gasteiger charge is -2.41. The summed E-state index contributed by atoms with van der Waals surface area (Å²) in [5, 5.41) is 11.0. The second kappa shape index (κ2) is 7.14. The summed E-state index contributed by atoms with van der Waals surface area (Å²) >= 11 is 0. The minimum Gasteiger partial charge on any atom is -0.386 e. The molecule has 1 amide bonds. The van der Waals surface area contributed by atoms with Gasteiger partial charge in [-0.2, -0.15) is 0 Å². The lowest BCUT2D eigenvalue weighted by molar-refractivity contribution is -0.000181. The maximum Gasteiger partial charge on any atom is 0.257 e. The Morgan fingerprint density at radius 1 is 1.40 bits per heavy atom. The molecule has 3 rings (SSSR count). The van der Waals surface area contributed by atoms with E-state index < -0.39 is 5.60 Å². The van der Waals surface area contributed by atoms with Crippen molar-refractivity contribution in [1.82, 2.24) is 19.9 Å². The van der Waals surface area contributed by atoms with Crippen LogP contribution < -0.4 is 4.90 Å². The van der Waals surface area contributed by atoms with Crippen molar-refractivity contribution in [3.8, 4) is 0 Å². The van der Waals surface area contributed by atoms with Gasteiger partial charge in [0.1, 0.15) is 12.1 Å². The summed E-state index contributed by atoms with van der Waals surface area (Å²) in [5.41, 5.74) is 0.132. The SMILES string of the molecule is Cc1ncncc1C(=O)N(C)C[C@]1(O)CCCN(c2ccccn2)C1. The molecule has 7 nitrogen and oxygen atoms in total. The molecule has 0 bridgehead atoms. The fourth-order valence-electron chi connectivity index (χ4n) is 3.30. The van der Waals surface area contributed by atoms with E-state index in [-0.39, 0.29) is 12.5 Å². The van der Waals surface area contributed by atoms with Gasteiger partial charge in [-0.25, -0.2) is 15.0 Å². The van der Waals surface area contributed by atoms with Crippen molar-refractivity contribution in [1.29, 1.82) is 0 Å². The van der Waals surface area contributed by atoms with E-state index in [4.69, 9.17) is 0 Å². The Hall–Kier alpha value is -2.54. The smallest absolute Gasteiger partial charge is 0.257 e. The van der Waals surface area contributed by atoms with E-state index in [2.05, 4.69) is 19.9 Å². The number of hydrogen-bond donors (Lipinski definition) is 1. The van der Waals surface area contributed by atoms with E-state index in [0.717, 1.165) is 18.8 Å². The van der Waals surface area contributed by atoms with E-state index in [9.17, 15) is 9.90 Å². The number of likely N-dealkylation sites (N-methyl/N-ethyl adjacent to an activating group) is 1. The second-order valence-electron chi connectivity index (χ2n) is 6.62. The highest BCUT2D eigenvalue weighted by Crippen LogP contribution is 2.26. The van der Waals surface area contributed by atoms with Gasteiger partial charge in [0.15, 0.2) is 0 Å². The molecule has 7 heteroatoms. The molecule has 0 saturated carbocycles. The van der Waals surface area contributed by atoms with Gasteiger partial charge in [-0.3, -0.25) is 4.79 Å². The second-order valence-corrected chi connectivity index (χ2v) is 6.62. The average molecular weight is 341 g/mol. The number of piperidine rings is 1. The Bertz CT molecular complexity index is 739. The van der Waals surface area contributed by atoms with E-state index in [1.54, 1.807) is 25.1 Å². The normalized spacial score (nSPS) is 20.4. The molecule has 25 heavy (non-hydrogen) atoms. The highest BCUT2D eigenvalue weighted by molar-refractivity contribution is 5.94. The molecule has 132 valence electrons. The Labute approximate surface area is 147 Å². The van der Waals surface area contributed by atoms with Gasteiger partial charge in [0.05, 0.1) is 23.4 Å². The lowest BCUT2D eigenvalue weighted by atomic mass is 9.92. The molecular weight excluding hydrogens is 318 g/mol. The number of hydrogen-bond acceptors (Lipinski definition) is 6. The maximum atomic E-state index is 12.6. The average Bonchev–Trinajstić information content (AvgIpc) is 2.62. The van der Waals surface area contributed by atoms with Crippen molar-refractivity contribution >= 4 is 11.7 Å². The Morgan fingerprint density at radius 2 is 2.24 bits per heavy atom. The van der Waals surface area contributed by atoms with Gasteiger partial charge in [0, 0.05) is 32.5 Å². The standard InChI is InChI=1S/C18H23N5O2/c1-14-15(10-19-13-21-14)17(24)22(2)11-18(25)7-5-9-23(12-18)16-6-3-4-8-20-16/h3-4,6,8,10,13,25H,5,7,9,11-12H2,1-2H3/t18-/m1/s1. The van der Waals surface area contributed by atoms with Crippen LogP contribution in [0.5, 0.6) is 0 Å². The number of anilines is 1. The molecule has 3 heterocycles. The zero-order valence-electron chi connectivity index (χ0n) is 14.6. The van der Waals surface area contributed by atoms with Crippen molar-refractivity contribution in [3.05, 3.63) is 48.2 Å². The zero-order chi connectivity index (χ0) is 17.9. The summed E-state index contributed by atoms with van der Waals surface area (Å²) < 4.78 is 0. The van der Waals surface area contributed by atoms with Crippen molar-refractivity contribution in [2.75, 3.05) is 31.6 Å². The summed E-state index contributed by atoms with van der Waals surface area (Å²) in [6.07, 6.45) is 6.19. The fraction of sp³-hybridized carbons (Fsp3) is 0.444. The molecule has 2 aromatic rings. The number of amides is 1. The third kappa shape index (κ3) is 3.93. The predicted molar refractivity (Wildman–Crippen MR) is 94.4 cm³/mol. The van der Waals surface area contributed by atoms with Crippen LogP contribution in [0, 0.1) is 6.92 Å². The van der Waals surface area contributed by atoms with Gasteiger partial charge >= 0.3 is 0 Å². The summed E-state index contributed by atoms with van der Waals surface area (Å²) in [6, 6.07) is 5.74. The maximum absolute atomic E-state index is 12.6. The van der Waals surface area contributed by atoms with Crippen LogP contribution in [-0.4, -0.2) is 63.1 Å². The molecule has 1 atom stereocenters. The first-order chi connectivity index (χ1) is 12.0. The molecule has 1 saturated heterocycles. The van der Waals surface area contributed by atoms with Crippen molar-refractivity contribution in [2.24, 2.45) is 0 Å². The Kier molecular flexibility index (Phi) is 4.94. The molecule has 1 aliphatic rings. The van der Waals surface area contributed by atoms with Crippen LogP contribution >= 0.6 is 0 Å². The lowest BCUT2D eigenvalue weighted by Crippen LogP contribution is -2.55. The van der Waals surface area contributed by atoms with Crippen LogP contribution in [-0.2, 0) is 0 Å². The summed E-state index contributed by atoms with van der Waals surface area (Å²) in [5.74, 6) is 0.670. The van der Waals surface area contributed by atoms with Crippen molar-refractivity contribution in [3.63, 3.8) is 0 Å². The van der Waals surface area contributed by atoms with Gasteiger partial charge in [-0.15, -0.1) is 0 Å². The van der Waals surface area contributed by atoms with Crippen molar-refractivity contribution < 1.29 is 9.90 Å². The van der Waals surface area contributed by atoms with Gasteiger partial charge in [0.2, 0.25) is 0 Å². The molecule has 2 aromatic heterocycles. The van der Waals surface area contributed by atoms with Crippen LogP contribution in [0.25, 0.3) is 0 Å². The van der Waals surface area contributed by atoms with Crippen molar-refractivity contribution in [2.45, 2.75) is 25.4 Å². The molecule has 0 unspecified atom stereocenters. The first-order valence-electron chi connectivity index (χ1n) is 8.39. The molecule has 0 spiro atoms. The number of aryl methyl sites for hydroxylation is 1. The van der Waals surface area contributed by atoms with Crippen LogP contribution in [0.3, 0.4) is 0 Å². The van der Waals surface area contributed by atoms with Crippen LogP contribution in [0.4, 0.5) is 5.82 Å². The van der Waals surface area contributed by atoms with Gasteiger partial charge in [-0.1, -0.05) is 6.07 Å². The number of aliphatic hydroxyl groups is 1. The Balaban J connectivity index is 1.70. The number of rotatable bonds is 4. The first kappa shape index (κ1) is 17.3. The van der Waals surface area contributed by atoms with Gasteiger partial charge in [0.25, 0.3) is 5.91 Å². The fourth-order valence-corrected chi connectivity index (χ4v) is 3.30. The predicted octanol–water partition coefficient (Wildman–Crippen LogP) is 1.28. The third-order valence-corrected chi connectivity index (χ3v) is 4.55. The monoisotopic (exact) mass is 341 g/mol. The van der Waals surface area contributed by atoms with E-state index in [1.807, 2.05) is 18.2 Å². The topological polar surface area (TPSA) is 82.5 Å². The van der Waals surface area contributed by atoms with Crippen LogP contribution in [0.15, 0.2) is 36.9 Å². The molecule has 1 N–H and O–H groups in total. The van der Waals surface area contributed by atoms with E-state index in [0.29, 0.717) is 24.2 Å². The van der Waals surface area contributed by atoms with Gasteiger partial charge in [-0.05, 0) is 31.9 Å². The molecule has 0 aliphatic carbocycles. The van der Waals surface area contributed by atoms with Gasteiger partial charge < -0.3 is 14.9 Å². The quantitative estimate of drug-likeness (QED) is 0.902. The van der Waals surface area contributed by atoms with Crippen LogP contribution in [0.2, 0.25) is 0 Å². The number of nitrogens with zero attached hydrogens (tertiary/aromatic N) is 5. The van der Waals surface area contributed by atoms with E-state index in [1.165, 1.54) is 12.5 Å². The summed E-state index contributed by atoms with van der Waals surface area (Å²) in [4.78, 5) is 28.6. The highest BCUT2D eigenvalue weighted by atomic mass is 16.3. The summed E-state index contributed by atoms with van der Waals surface area (Å²) in [7, 11) is 1.70. The molecule has 1 aliphatic heterocycles. The number of aromatic nitrogens is 3. The third-order valence-electron chi connectivity index (χ3n) is 4.55. The highest BCUT2D eigenvalue weighted by Gasteiger charge is 2.36. The zero-order valence-corrected chi connectivity index (χ0v) is 14.6. The largest absolute Gasteiger partial charge is 0.386 e. The Morgan fingerprint density at radius 3 is 2.96 bits per heavy atom. The molecule has 0 aromatic carbocycles. The number of β-amino-alcohol motifs (C(OH)–C–C–N with tert-alkyl or cyclic N) is 1. The number of pyridine rings is 1. The molecular formula is C18H23N5O2. The van der Waals surface area contributed by atoms with Crippen LogP contribution in [0.1, 0.15) is 28.9 Å². The van der Waals surface area contributed by atoms with E-state index >= 15 is 0 Å². The number of carbonyl (C=O) groups is 1.